The molecule has 0 radical (unpaired) electrons. The molecule has 0 aliphatic carbocycles. The van der Waals surface area contributed by atoms with Gasteiger partial charge in [0.25, 0.3) is 0 Å². The Hall–Kier alpha value is -0.760. The van der Waals surface area contributed by atoms with Crippen molar-refractivity contribution >= 4 is 27.0 Å². The molecule has 1 fully saturated rings. The van der Waals surface area contributed by atoms with E-state index < -0.39 is 26.0 Å². The lowest BCUT2D eigenvalue weighted by atomic mass is 10.1. The third-order valence-corrected chi connectivity index (χ3v) is 6.36. The predicted molar refractivity (Wildman–Crippen MR) is 71.6 cm³/mol. The summed E-state index contributed by atoms with van der Waals surface area (Å²) in [4.78, 5) is 1.50. The van der Waals surface area contributed by atoms with Crippen LogP contribution in [0.25, 0.3) is 0 Å². The largest absolute Gasteiger partial charge is 0.614 e. The Morgan fingerprint density at radius 1 is 1.44 bits per heavy atom. The van der Waals surface area contributed by atoms with Crippen molar-refractivity contribution in [3.8, 4) is 0 Å². The van der Waals surface area contributed by atoms with Crippen molar-refractivity contribution < 1.29 is 17.5 Å². The van der Waals surface area contributed by atoms with Gasteiger partial charge in [-0.2, -0.15) is 8.42 Å². The summed E-state index contributed by atoms with van der Waals surface area (Å²) in [5.74, 6) is 0.248. The van der Waals surface area contributed by atoms with Crippen LogP contribution in [-0.2, 0) is 21.3 Å². The van der Waals surface area contributed by atoms with E-state index >= 15 is 0 Å². The SMILES string of the molecule is Cc1ccc(N2CC[S+]([O-])C2S(=O)(=O)O)c(C)c1. The Morgan fingerprint density at radius 2 is 2.11 bits per heavy atom. The molecule has 5 nitrogen and oxygen atoms in total. The molecule has 0 aromatic heterocycles. The maximum absolute atomic E-state index is 11.7. The van der Waals surface area contributed by atoms with Gasteiger partial charge >= 0.3 is 14.8 Å². The monoisotopic (exact) mass is 289 g/mol. The standard InChI is InChI=1S/C11H15NO4S2/c1-8-3-4-10(9(2)7-8)12-5-6-17(13)11(12)18(14,15)16/h3-4,7,11H,5-6H2,1-2H3,(H,14,15,16). The van der Waals surface area contributed by atoms with E-state index in [1.54, 1.807) is 6.07 Å². The molecule has 0 bridgehead atoms. The van der Waals surface area contributed by atoms with Crippen LogP contribution in [0.2, 0.25) is 0 Å². The highest BCUT2D eigenvalue weighted by molar-refractivity contribution is 8.07. The van der Waals surface area contributed by atoms with Crippen molar-refractivity contribution in [3.05, 3.63) is 29.3 Å². The summed E-state index contributed by atoms with van der Waals surface area (Å²) in [7, 11) is -4.35. The zero-order valence-electron chi connectivity index (χ0n) is 10.2. The number of benzene rings is 1. The van der Waals surface area contributed by atoms with E-state index in [1.165, 1.54) is 4.90 Å². The third kappa shape index (κ3) is 2.49. The lowest BCUT2D eigenvalue weighted by molar-refractivity contribution is 0.476. The summed E-state index contributed by atoms with van der Waals surface area (Å²) in [5, 5.41) is 0. The molecule has 1 aromatic rings. The first-order valence-electron chi connectivity index (χ1n) is 5.48. The number of aryl methyl sites for hydroxylation is 2. The summed E-state index contributed by atoms with van der Waals surface area (Å²) in [6, 6.07) is 5.59. The van der Waals surface area contributed by atoms with Gasteiger partial charge in [0.05, 0.1) is 6.54 Å². The van der Waals surface area contributed by atoms with Gasteiger partial charge in [0, 0.05) is 5.69 Å². The molecule has 0 amide bonds. The van der Waals surface area contributed by atoms with E-state index in [2.05, 4.69) is 0 Å². The van der Waals surface area contributed by atoms with Crippen molar-refractivity contribution in [2.75, 3.05) is 17.2 Å². The van der Waals surface area contributed by atoms with Crippen LogP contribution >= 0.6 is 0 Å². The van der Waals surface area contributed by atoms with Gasteiger partial charge < -0.3 is 9.45 Å². The summed E-state index contributed by atoms with van der Waals surface area (Å²) in [6.45, 7) is 4.17. The van der Waals surface area contributed by atoms with Crippen LogP contribution in [-0.4, -0.2) is 34.5 Å². The minimum Gasteiger partial charge on any atom is -0.614 e. The lowest BCUT2D eigenvalue weighted by Crippen LogP contribution is -2.40. The van der Waals surface area contributed by atoms with Crippen LogP contribution in [0.5, 0.6) is 0 Å². The third-order valence-electron chi connectivity index (χ3n) is 2.93. The lowest BCUT2D eigenvalue weighted by Gasteiger charge is -2.24. The van der Waals surface area contributed by atoms with Crippen LogP contribution in [0.15, 0.2) is 18.2 Å². The Morgan fingerprint density at radius 3 is 2.67 bits per heavy atom. The molecular formula is C11H15NO4S2. The fourth-order valence-corrected chi connectivity index (χ4v) is 5.19. The summed E-state index contributed by atoms with van der Waals surface area (Å²) in [5.41, 5.74) is 2.68. The molecule has 1 aromatic carbocycles. The smallest absolute Gasteiger partial charge is 0.335 e. The summed E-state index contributed by atoms with van der Waals surface area (Å²) in [6.07, 6.45) is 0. The average Bonchev–Trinajstić information content (AvgIpc) is 2.59. The Balaban J connectivity index is 2.44. The average molecular weight is 289 g/mol. The minimum absolute atomic E-state index is 0.248. The van der Waals surface area contributed by atoms with Crippen LogP contribution in [0.3, 0.4) is 0 Å². The topological polar surface area (TPSA) is 80.7 Å². The molecule has 7 heteroatoms. The maximum atomic E-state index is 11.7. The van der Waals surface area contributed by atoms with E-state index in [9.17, 15) is 17.5 Å². The zero-order chi connectivity index (χ0) is 13.5. The molecule has 1 aliphatic heterocycles. The molecule has 1 aliphatic rings. The van der Waals surface area contributed by atoms with Crippen LogP contribution < -0.4 is 4.90 Å². The zero-order valence-corrected chi connectivity index (χ0v) is 11.8. The summed E-state index contributed by atoms with van der Waals surface area (Å²) >= 11 is -1.59. The highest BCUT2D eigenvalue weighted by atomic mass is 32.3. The molecule has 0 spiro atoms. The van der Waals surface area contributed by atoms with Gasteiger partial charge in [-0.3, -0.25) is 4.55 Å². The number of nitrogens with zero attached hydrogens (tertiary/aromatic N) is 1. The molecule has 2 unspecified atom stereocenters. The fourth-order valence-electron chi connectivity index (χ4n) is 2.19. The van der Waals surface area contributed by atoms with Crippen molar-refractivity contribution in [3.63, 3.8) is 0 Å². The minimum atomic E-state index is -4.35. The first-order valence-corrected chi connectivity index (χ1v) is 8.36. The quantitative estimate of drug-likeness (QED) is 0.650. The molecule has 1 heterocycles. The molecular weight excluding hydrogens is 274 g/mol. The van der Waals surface area contributed by atoms with E-state index in [-0.39, 0.29) is 5.75 Å². The molecule has 100 valence electrons. The van der Waals surface area contributed by atoms with Gasteiger partial charge in [0.1, 0.15) is 5.75 Å². The van der Waals surface area contributed by atoms with Gasteiger partial charge in [-0.15, -0.1) is 0 Å². The van der Waals surface area contributed by atoms with Crippen LogP contribution in [0, 0.1) is 13.8 Å². The Kier molecular flexibility index (Phi) is 3.59. The van der Waals surface area contributed by atoms with Crippen molar-refractivity contribution in [2.24, 2.45) is 0 Å². The van der Waals surface area contributed by atoms with E-state index in [1.807, 2.05) is 26.0 Å². The predicted octanol–water partition coefficient (Wildman–Crippen LogP) is 1.04. The van der Waals surface area contributed by atoms with E-state index in [4.69, 9.17) is 0 Å². The van der Waals surface area contributed by atoms with Gasteiger partial charge in [-0.25, -0.2) is 0 Å². The van der Waals surface area contributed by atoms with Crippen molar-refractivity contribution in [1.82, 2.24) is 0 Å². The van der Waals surface area contributed by atoms with Crippen LogP contribution in [0.4, 0.5) is 5.69 Å². The van der Waals surface area contributed by atoms with E-state index in [0.29, 0.717) is 12.2 Å². The first kappa shape index (κ1) is 13.7. The second kappa shape index (κ2) is 4.73. The maximum Gasteiger partial charge on any atom is 0.335 e. The molecule has 2 atom stereocenters. The molecule has 18 heavy (non-hydrogen) atoms. The summed E-state index contributed by atoms with van der Waals surface area (Å²) < 4.78 is 42.2. The first-order chi connectivity index (χ1) is 8.30. The van der Waals surface area contributed by atoms with Crippen molar-refractivity contribution in [2.45, 2.75) is 18.6 Å². The van der Waals surface area contributed by atoms with Gasteiger partial charge in [-0.1, -0.05) is 17.7 Å². The normalized spacial score (nSPS) is 24.6. The van der Waals surface area contributed by atoms with Crippen LogP contribution in [0.1, 0.15) is 11.1 Å². The molecule has 1 saturated heterocycles. The molecule has 1 N–H and O–H groups in total. The number of anilines is 1. The molecule has 0 saturated carbocycles. The second-order valence-corrected chi connectivity index (χ2v) is 7.78. The highest BCUT2D eigenvalue weighted by Gasteiger charge is 2.46. The van der Waals surface area contributed by atoms with Gasteiger partial charge in [-0.05, 0) is 36.7 Å². The molecule has 2 rings (SSSR count). The number of hydrogen-bond acceptors (Lipinski definition) is 4. The second-order valence-electron chi connectivity index (χ2n) is 4.39. The van der Waals surface area contributed by atoms with E-state index in [0.717, 1.165) is 11.1 Å². The Bertz CT molecular complexity index is 558. The number of hydrogen-bond donors (Lipinski definition) is 1. The van der Waals surface area contributed by atoms with Gasteiger partial charge in [0.2, 0.25) is 0 Å². The Labute approximate surface area is 110 Å². The van der Waals surface area contributed by atoms with Crippen molar-refractivity contribution in [1.29, 1.82) is 0 Å². The number of rotatable bonds is 2. The van der Waals surface area contributed by atoms with Gasteiger partial charge in [0.15, 0.2) is 0 Å². The fraction of sp³-hybridized carbons (Fsp3) is 0.455. The highest BCUT2D eigenvalue weighted by Crippen LogP contribution is 2.31.